The van der Waals surface area contributed by atoms with Crippen LogP contribution in [0.4, 0.5) is 0 Å². The highest BCUT2D eigenvalue weighted by molar-refractivity contribution is 7.90. The molecular formula is C21H32NO8S2+. The minimum atomic E-state index is -4.53. The first-order valence-corrected chi connectivity index (χ1v) is 14.0. The van der Waals surface area contributed by atoms with Crippen molar-refractivity contribution < 1.29 is 39.6 Å². The second kappa shape index (κ2) is 9.38. The molecule has 1 heterocycles. The van der Waals surface area contributed by atoms with E-state index in [0.717, 1.165) is 19.4 Å². The summed E-state index contributed by atoms with van der Waals surface area (Å²) in [5, 5.41) is 0. The fraction of sp³-hybridized carbons (Fsp3) is 0.667. The SMILES string of the molecule is C[N+]1(C)CCC(OC(=O)C(OS(=O)(=O)CCS(=O)(=O)O)(c2ccccc2)C2CCCC2)C1. The summed E-state index contributed by atoms with van der Waals surface area (Å²) in [5.74, 6) is -3.19. The number of ether oxygens (including phenoxy) is 1. The number of benzene rings is 1. The molecular weight excluding hydrogens is 458 g/mol. The Balaban J connectivity index is 2.01. The highest BCUT2D eigenvalue weighted by atomic mass is 32.2. The molecule has 2 fully saturated rings. The number of likely N-dealkylation sites (N-methyl/N-ethyl adjacent to an activating group) is 1. The minimum absolute atomic E-state index is 0.360. The average molecular weight is 491 g/mol. The van der Waals surface area contributed by atoms with Crippen molar-refractivity contribution in [2.45, 2.75) is 43.8 Å². The first-order valence-electron chi connectivity index (χ1n) is 10.8. The first kappa shape index (κ1) is 25.1. The van der Waals surface area contributed by atoms with Gasteiger partial charge in [0, 0.05) is 12.3 Å². The summed E-state index contributed by atoms with van der Waals surface area (Å²) in [6, 6.07) is 8.39. The van der Waals surface area contributed by atoms with Crippen LogP contribution in [0, 0.1) is 5.92 Å². The van der Waals surface area contributed by atoms with Gasteiger partial charge >= 0.3 is 5.97 Å². The maximum absolute atomic E-state index is 13.7. The Morgan fingerprint density at radius 3 is 2.22 bits per heavy atom. The van der Waals surface area contributed by atoms with Gasteiger partial charge in [0.25, 0.3) is 20.2 Å². The van der Waals surface area contributed by atoms with E-state index in [4.69, 9.17) is 13.5 Å². The Kier molecular flexibility index (Phi) is 7.36. The molecule has 180 valence electrons. The van der Waals surface area contributed by atoms with Crippen molar-refractivity contribution in [2.75, 3.05) is 38.7 Å². The molecule has 0 spiro atoms. The number of nitrogens with zero attached hydrogens (tertiary/aromatic N) is 1. The van der Waals surface area contributed by atoms with Gasteiger partial charge in [-0.25, -0.2) is 8.98 Å². The van der Waals surface area contributed by atoms with E-state index < -0.39 is 49.2 Å². The lowest BCUT2D eigenvalue weighted by atomic mass is 9.80. The molecule has 3 rings (SSSR count). The van der Waals surface area contributed by atoms with Crippen molar-refractivity contribution in [3.63, 3.8) is 0 Å². The Morgan fingerprint density at radius 2 is 1.69 bits per heavy atom. The lowest BCUT2D eigenvalue weighted by Crippen LogP contribution is -2.49. The number of esters is 1. The van der Waals surface area contributed by atoms with Gasteiger partial charge in [-0.2, -0.15) is 16.8 Å². The van der Waals surface area contributed by atoms with Gasteiger partial charge in [-0.05, 0) is 18.4 Å². The molecule has 1 aromatic rings. The number of carbonyl (C=O) groups excluding carboxylic acids is 1. The van der Waals surface area contributed by atoms with Crippen LogP contribution in [0.2, 0.25) is 0 Å². The van der Waals surface area contributed by atoms with Gasteiger partial charge in [-0.15, -0.1) is 0 Å². The van der Waals surface area contributed by atoms with Gasteiger partial charge in [0.15, 0.2) is 6.10 Å². The first-order chi connectivity index (χ1) is 14.8. The van der Waals surface area contributed by atoms with E-state index in [0.29, 0.717) is 35.9 Å². The number of hydrogen-bond donors (Lipinski definition) is 1. The van der Waals surface area contributed by atoms with Crippen molar-refractivity contribution >= 4 is 26.2 Å². The molecule has 0 aromatic heterocycles. The van der Waals surface area contributed by atoms with Gasteiger partial charge in [-0.3, -0.25) is 4.55 Å². The highest BCUT2D eigenvalue weighted by Crippen LogP contribution is 2.46. The standard InChI is InChI=1S/C21H31NO8S2/c1-22(2)13-12-19(16-22)29-20(23)21(18-10-6-7-11-18,17-8-4-3-5-9-17)30-32(27,28)15-14-31(24,25)26/h3-5,8-9,18-19H,6-7,10-16H2,1-2H3/p+1. The van der Waals surface area contributed by atoms with Gasteiger partial charge in [0.05, 0.1) is 32.1 Å². The van der Waals surface area contributed by atoms with Gasteiger partial charge < -0.3 is 9.22 Å². The molecule has 2 unspecified atom stereocenters. The third kappa shape index (κ3) is 6.07. The number of likely N-dealkylation sites (tertiary alicyclic amines) is 1. The summed E-state index contributed by atoms with van der Waals surface area (Å²) >= 11 is 0. The van der Waals surface area contributed by atoms with Crippen LogP contribution in [0.5, 0.6) is 0 Å². The van der Waals surface area contributed by atoms with Gasteiger partial charge in [-0.1, -0.05) is 43.2 Å². The van der Waals surface area contributed by atoms with Gasteiger partial charge in [0.1, 0.15) is 6.54 Å². The van der Waals surface area contributed by atoms with E-state index in [1.807, 2.05) is 14.1 Å². The second-order valence-electron chi connectivity index (χ2n) is 9.37. The monoisotopic (exact) mass is 490 g/mol. The van der Waals surface area contributed by atoms with Gasteiger partial charge in [0.2, 0.25) is 5.60 Å². The summed E-state index contributed by atoms with van der Waals surface area (Å²) in [6.45, 7) is 1.43. The Hall–Kier alpha value is -1.53. The molecule has 11 heteroatoms. The number of hydrogen-bond acceptors (Lipinski definition) is 7. The molecule has 0 bridgehead atoms. The molecule has 1 aliphatic heterocycles. The minimum Gasteiger partial charge on any atom is -0.454 e. The van der Waals surface area contributed by atoms with E-state index in [1.54, 1.807) is 30.3 Å². The predicted octanol–water partition coefficient (Wildman–Crippen LogP) is 1.70. The smallest absolute Gasteiger partial charge is 0.345 e. The zero-order valence-electron chi connectivity index (χ0n) is 18.5. The fourth-order valence-electron chi connectivity index (χ4n) is 4.70. The molecule has 0 radical (unpaired) electrons. The number of carbonyl (C=O) groups is 1. The number of rotatable bonds is 9. The molecule has 32 heavy (non-hydrogen) atoms. The highest BCUT2D eigenvalue weighted by Gasteiger charge is 2.55. The zero-order valence-corrected chi connectivity index (χ0v) is 20.1. The summed E-state index contributed by atoms with van der Waals surface area (Å²) in [6.07, 6.45) is 3.06. The summed E-state index contributed by atoms with van der Waals surface area (Å²) < 4.78 is 69.2. The van der Waals surface area contributed by atoms with Crippen LogP contribution in [0.3, 0.4) is 0 Å². The van der Waals surface area contributed by atoms with Crippen LogP contribution in [-0.2, 0) is 39.6 Å². The average Bonchev–Trinajstić information content (AvgIpc) is 3.35. The third-order valence-corrected chi connectivity index (χ3v) is 8.51. The molecule has 1 aromatic carbocycles. The number of quaternary nitrogens is 1. The lowest BCUT2D eigenvalue weighted by molar-refractivity contribution is -0.879. The fourth-order valence-corrected chi connectivity index (χ4v) is 7.14. The summed E-state index contributed by atoms with van der Waals surface area (Å²) in [7, 11) is -4.96. The summed E-state index contributed by atoms with van der Waals surface area (Å²) in [5.41, 5.74) is -1.55. The summed E-state index contributed by atoms with van der Waals surface area (Å²) in [4.78, 5) is 13.7. The van der Waals surface area contributed by atoms with Crippen molar-refractivity contribution in [3.05, 3.63) is 35.9 Å². The Morgan fingerprint density at radius 1 is 1.06 bits per heavy atom. The molecule has 0 amide bonds. The lowest BCUT2D eigenvalue weighted by Gasteiger charge is -2.37. The molecule has 1 aliphatic carbocycles. The molecule has 2 aliphatic rings. The molecule has 9 nitrogen and oxygen atoms in total. The second-order valence-corrected chi connectivity index (χ2v) is 12.6. The molecule has 1 saturated carbocycles. The van der Waals surface area contributed by atoms with Crippen LogP contribution >= 0.6 is 0 Å². The van der Waals surface area contributed by atoms with Crippen LogP contribution in [0.1, 0.15) is 37.7 Å². The Labute approximate surface area is 190 Å². The van der Waals surface area contributed by atoms with Crippen molar-refractivity contribution in [3.8, 4) is 0 Å². The topological polar surface area (TPSA) is 124 Å². The normalized spacial score (nSPS) is 23.7. The maximum Gasteiger partial charge on any atom is 0.345 e. The van der Waals surface area contributed by atoms with Crippen LogP contribution < -0.4 is 0 Å². The van der Waals surface area contributed by atoms with Crippen molar-refractivity contribution in [1.82, 2.24) is 0 Å². The van der Waals surface area contributed by atoms with Crippen molar-refractivity contribution in [2.24, 2.45) is 5.92 Å². The Bertz CT molecular complexity index is 1020. The third-order valence-electron chi connectivity index (χ3n) is 6.31. The molecule has 2 atom stereocenters. The predicted molar refractivity (Wildman–Crippen MR) is 118 cm³/mol. The van der Waals surface area contributed by atoms with E-state index in [9.17, 15) is 21.6 Å². The van der Waals surface area contributed by atoms with E-state index in [2.05, 4.69) is 0 Å². The van der Waals surface area contributed by atoms with E-state index in [1.165, 1.54) is 0 Å². The maximum atomic E-state index is 13.7. The van der Waals surface area contributed by atoms with E-state index >= 15 is 0 Å². The van der Waals surface area contributed by atoms with Crippen molar-refractivity contribution in [1.29, 1.82) is 0 Å². The van der Waals surface area contributed by atoms with Crippen LogP contribution in [0.15, 0.2) is 30.3 Å². The molecule has 1 saturated heterocycles. The largest absolute Gasteiger partial charge is 0.454 e. The van der Waals surface area contributed by atoms with Crippen LogP contribution in [-0.4, -0.2) is 76.6 Å². The zero-order chi connectivity index (χ0) is 23.6. The molecule has 1 N–H and O–H groups in total. The van der Waals surface area contributed by atoms with Crippen LogP contribution in [0.25, 0.3) is 0 Å². The quantitative estimate of drug-likeness (QED) is 0.240. The van der Waals surface area contributed by atoms with E-state index in [-0.39, 0.29) is 6.10 Å².